The second kappa shape index (κ2) is 9.18. The normalized spacial score (nSPS) is 10.1. The van der Waals surface area contributed by atoms with Crippen molar-refractivity contribution in [2.24, 2.45) is 5.73 Å². The molecule has 0 spiro atoms. The van der Waals surface area contributed by atoms with Gasteiger partial charge in [-0.05, 0) is 41.3 Å². The molecular weight excluding hydrogens is 312 g/mol. The zero-order chi connectivity index (χ0) is 15.9. The molecule has 2 aromatic carbocycles. The van der Waals surface area contributed by atoms with E-state index in [-0.39, 0.29) is 24.9 Å². The fourth-order valence-electron chi connectivity index (χ4n) is 2.03. The fraction of sp³-hybridized carbons (Fsp3) is 0.278. The lowest BCUT2D eigenvalue weighted by molar-refractivity contribution is -0.118. The van der Waals surface area contributed by atoms with Crippen LogP contribution in [0.25, 0.3) is 0 Å². The number of halogens is 1. The van der Waals surface area contributed by atoms with Crippen molar-refractivity contribution in [1.29, 1.82) is 0 Å². The number of carbonyl (C=O) groups excluding carboxylic acids is 1. The third-order valence-electron chi connectivity index (χ3n) is 3.37. The van der Waals surface area contributed by atoms with E-state index >= 15 is 0 Å². The minimum Gasteiger partial charge on any atom is -0.484 e. The van der Waals surface area contributed by atoms with E-state index in [1.807, 2.05) is 42.5 Å². The number of amides is 1. The molecule has 0 aliphatic carbocycles. The van der Waals surface area contributed by atoms with Crippen molar-refractivity contribution in [3.8, 4) is 5.75 Å². The van der Waals surface area contributed by atoms with E-state index in [9.17, 15) is 4.79 Å². The van der Waals surface area contributed by atoms with Gasteiger partial charge in [0.25, 0.3) is 5.91 Å². The van der Waals surface area contributed by atoms with Gasteiger partial charge in [0.1, 0.15) is 5.75 Å². The summed E-state index contributed by atoms with van der Waals surface area (Å²) in [5.41, 5.74) is 8.49. The van der Waals surface area contributed by atoms with Crippen molar-refractivity contribution in [2.75, 3.05) is 11.9 Å². The van der Waals surface area contributed by atoms with Crippen LogP contribution in [0, 0.1) is 0 Å². The molecule has 0 aliphatic heterocycles. The van der Waals surface area contributed by atoms with E-state index in [0.29, 0.717) is 18.2 Å². The van der Waals surface area contributed by atoms with Gasteiger partial charge in [-0.3, -0.25) is 4.79 Å². The summed E-state index contributed by atoms with van der Waals surface area (Å²) in [4.78, 5) is 11.9. The molecule has 124 valence electrons. The Morgan fingerprint density at radius 1 is 1.17 bits per heavy atom. The van der Waals surface area contributed by atoms with Gasteiger partial charge in [-0.25, -0.2) is 0 Å². The standard InChI is InChI=1S/C18H22N2O2.ClH/c1-13(2)15-4-3-5-17(10-15)22-12-18(21)20-16-8-6-14(11-19)7-9-16;/h3-10,13H,11-12,19H2,1-2H3,(H,20,21);1H. The Balaban J connectivity index is 0.00000264. The molecule has 4 nitrogen and oxygen atoms in total. The van der Waals surface area contributed by atoms with E-state index < -0.39 is 0 Å². The number of anilines is 1. The van der Waals surface area contributed by atoms with Crippen LogP contribution in [0.3, 0.4) is 0 Å². The molecule has 1 amide bonds. The zero-order valence-electron chi connectivity index (χ0n) is 13.4. The maximum Gasteiger partial charge on any atom is 0.262 e. The second-order valence-corrected chi connectivity index (χ2v) is 5.47. The van der Waals surface area contributed by atoms with Crippen LogP contribution < -0.4 is 15.8 Å². The van der Waals surface area contributed by atoms with Crippen LogP contribution in [-0.2, 0) is 11.3 Å². The summed E-state index contributed by atoms with van der Waals surface area (Å²) in [6.07, 6.45) is 0. The average molecular weight is 335 g/mol. The lowest BCUT2D eigenvalue weighted by Gasteiger charge is -2.10. The van der Waals surface area contributed by atoms with Crippen molar-refractivity contribution in [2.45, 2.75) is 26.3 Å². The van der Waals surface area contributed by atoms with Gasteiger partial charge >= 0.3 is 0 Å². The molecule has 0 bridgehead atoms. The lowest BCUT2D eigenvalue weighted by Crippen LogP contribution is -2.20. The van der Waals surface area contributed by atoms with Crippen LogP contribution in [0.1, 0.15) is 30.9 Å². The van der Waals surface area contributed by atoms with Gasteiger partial charge in [0.15, 0.2) is 6.61 Å². The summed E-state index contributed by atoms with van der Waals surface area (Å²) in [7, 11) is 0. The number of rotatable bonds is 6. The first kappa shape index (κ1) is 19.0. The number of nitrogens with one attached hydrogen (secondary N) is 1. The molecule has 0 unspecified atom stereocenters. The van der Waals surface area contributed by atoms with Crippen LogP contribution in [-0.4, -0.2) is 12.5 Å². The number of carbonyl (C=O) groups is 1. The van der Waals surface area contributed by atoms with E-state index in [0.717, 1.165) is 11.3 Å². The Morgan fingerprint density at radius 3 is 2.48 bits per heavy atom. The van der Waals surface area contributed by atoms with Crippen LogP contribution in [0.4, 0.5) is 5.69 Å². The SMILES string of the molecule is CC(C)c1cccc(OCC(=O)Nc2ccc(CN)cc2)c1.Cl. The van der Waals surface area contributed by atoms with Gasteiger partial charge in [0.2, 0.25) is 0 Å². The smallest absolute Gasteiger partial charge is 0.262 e. The van der Waals surface area contributed by atoms with Crippen molar-refractivity contribution in [3.63, 3.8) is 0 Å². The minimum atomic E-state index is -0.185. The predicted octanol–water partition coefficient (Wildman–Crippen LogP) is 3.71. The van der Waals surface area contributed by atoms with Crippen molar-refractivity contribution < 1.29 is 9.53 Å². The fourth-order valence-corrected chi connectivity index (χ4v) is 2.03. The monoisotopic (exact) mass is 334 g/mol. The summed E-state index contributed by atoms with van der Waals surface area (Å²) in [6.45, 7) is 4.72. The quantitative estimate of drug-likeness (QED) is 0.846. The molecule has 0 aliphatic rings. The van der Waals surface area contributed by atoms with E-state index in [2.05, 4.69) is 25.2 Å². The molecule has 0 saturated carbocycles. The Bertz CT molecular complexity index is 627. The average Bonchev–Trinajstić information content (AvgIpc) is 2.54. The molecule has 0 atom stereocenters. The molecule has 23 heavy (non-hydrogen) atoms. The number of hydrogen-bond donors (Lipinski definition) is 2. The topological polar surface area (TPSA) is 64.3 Å². The molecule has 0 saturated heterocycles. The van der Waals surface area contributed by atoms with Gasteiger partial charge in [-0.15, -0.1) is 12.4 Å². The minimum absolute atomic E-state index is 0. The Kier molecular flexibility index (Phi) is 7.59. The van der Waals surface area contributed by atoms with Crippen molar-refractivity contribution >= 4 is 24.0 Å². The Labute approximate surface area is 143 Å². The Morgan fingerprint density at radius 2 is 1.87 bits per heavy atom. The predicted molar refractivity (Wildman–Crippen MR) is 96.2 cm³/mol. The van der Waals surface area contributed by atoms with Gasteiger partial charge in [0, 0.05) is 12.2 Å². The summed E-state index contributed by atoms with van der Waals surface area (Å²) < 4.78 is 5.54. The molecule has 0 heterocycles. The molecule has 0 aromatic heterocycles. The number of benzene rings is 2. The first-order valence-electron chi connectivity index (χ1n) is 7.40. The number of nitrogens with two attached hydrogens (primary N) is 1. The first-order chi connectivity index (χ1) is 10.6. The largest absolute Gasteiger partial charge is 0.484 e. The molecule has 2 rings (SSSR count). The highest BCUT2D eigenvalue weighted by Gasteiger charge is 2.05. The maximum absolute atomic E-state index is 11.9. The van der Waals surface area contributed by atoms with Crippen LogP contribution in [0.5, 0.6) is 5.75 Å². The third-order valence-corrected chi connectivity index (χ3v) is 3.37. The zero-order valence-corrected chi connectivity index (χ0v) is 14.2. The van der Waals surface area contributed by atoms with E-state index in [1.165, 1.54) is 5.56 Å². The van der Waals surface area contributed by atoms with E-state index in [4.69, 9.17) is 10.5 Å². The molecular formula is C18H23ClN2O2. The number of hydrogen-bond acceptors (Lipinski definition) is 3. The molecule has 0 fully saturated rings. The Hall–Kier alpha value is -2.04. The summed E-state index contributed by atoms with van der Waals surface area (Å²) in [5.74, 6) is 0.953. The second-order valence-electron chi connectivity index (χ2n) is 5.47. The molecule has 0 radical (unpaired) electrons. The van der Waals surface area contributed by atoms with Gasteiger partial charge in [0.05, 0.1) is 0 Å². The summed E-state index contributed by atoms with van der Waals surface area (Å²) in [6, 6.07) is 15.3. The number of ether oxygens (including phenoxy) is 1. The van der Waals surface area contributed by atoms with Crippen LogP contribution in [0.2, 0.25) is 0 Å². The molecule has 3 N–H and O–H groups in total. The summed E-state index contributed by atoms with van der Waals surface area (Å²) in [5, 5.41) is 2.80. The van der Waals surface area contributed by atoms with Crippen LogP contribution in [0.15, 0.2) is 48.5 Å². The maximum atomic E-state index is 11.9. The van der Waals surface area contributed by atoms with Gasteiger partial charge < -0.3 is 15.8 Å². The first-order valence-corrected chi connectivity index (χ1v) is 7.40. The highest BCUT2D eigenvalue weighted by atomic mass is 35.5. The highest BCUT2D eigenvalue weighted by Crippen LogP contribution is 2.20. The highest BCUT2D eigenvalue weighted by molar-refractivity contribution is 5.91. The van der Waals surface area contributed by atoms with Gasteiger partial charge in [-0.2, -0.15) is 0 Å². The molecule has 5 heteroatoms. The lowest BCUT2D eigenvalue weighted by atomic mass is 10.0. The van der Waals surface area contributed by atoms with E-state index in [1.54, 1.807) is 0 Å². The van der Waals surface area contributed by atoms with Crippen LogP contribution >= 0.6 is 12.4 Å². The summed E-state index contributed by atoms with van der Waals surface area (Å²) >= 11 is 0. The van der Waals surface area contributed by atoms with Crippen molar-refractivity contribution in [1.82, 2.24) is 0 Å². The third kappa shape index (κ3) is 5.93. The van der Waals surface area contributed by atoms with Crippen molar-refractivity contribution in [3.05, 3.63) is 59.7 Å². The molecule has 2 aromatic rings. The van der Waals surface area contributed by atoms with Gasteiger partial charge in [-0.1, -0.05) is 38.1 Å².